The Morgan fingerprint density at radius 2 is 2.07 bits per heavy atom. The van der Waals surface area contributed by atoms with Crippen LogP contribution in [0.25, 0.3) is 0 Å². The maximum Gasteiger partial charge on any atom is 0.387 e. The minimum atomic E-state index is -3.00. The Kier molecular flexibility index (Phi) is 3.93. The first-order chi connectivity index (χ1) is 7.04. The molecule has 0 saturated carbocycles. The van der Waals surface area contributed by atoms with E-state index in [0.717, 1.165) is 18.2 Å². The molecule has 0 aliphatic carbocycles. The average Bonchev–Trinajstić information content (AvgIpc) is 2.16. The molecule has 0 bridgehead atoms. The van der Waals surface area contributed by atoms with Crippen molar-refractivity contribution in [3.63, 3.8) is 0 Å². The van der Waals surface area contributed by atoms with E-state index in [1.165, 1.54) is 0 Å². The van der Waals surface area contributed by atoms with E-state index in [9.17, 15) is 18.3 Å². The van der Waals surface area contributed by atoms with Crippen molar-refractivity contribution < 1.29 is 23.0 Å². The molecular weight excluding hydrogens is 211 g/mol. The van der Waals surface area contributed by atoms with Crippen molar-refractivity contribution in [2.75, 3.05) is 6.54 Å². The summed E-state index contributed by atoms with van der Waals surface area (Å²) in [5.41, 5.74) is 5.08. The number of benzene rings is 1. The number of aliphatic hydroxyl groups excluding tert-OH is 1. The number of rotatable bonds is 4. The molecule has 0 aromatic heterocycles. The number of hydrogen-bond donors (Lipinski definition) is 2. The summed E-state index contributed by atoms with van der Waals surface area (Å²) in [7, 11) is 0. The SMILES string of the molecule is NC[C@H](O)c1ccc(OC(F)F)cc1F. The molecule has 1 aromatic rings. The van der Waals surface area contributed by atoms with Crippen LogP contribution >= 0.6 is 0 Å². The predicted molar refractivity (Wildman–Crippen MR) is 47.0 cm³/mol. The predicted octanol–water partition coefficient (Wildman–Crippen LogP) is 1.42. The lowest BCUT2D eigenvalue weighted by Crippen LogP contribution is -2.13. The molecule has 15 heavy (non-hydrogen) atoms. The number of halogens is 3. The van der Waals surface area contributed by atoms with Crippen molar-refractivity contribution in [1.29, 1.82) is 0 Å². The molecule has 0 fully saturated rings. The molecule has 0 amide bonds. The molecule has 0 heterocycles. The van der Waals surface area contributed by atoms with Crippen molar-refractivity contribution in [2.24, 2.45) is 5.73 Å². The molecule has 1 rings (SSSR count). The van der Waals surface area contributed by atoms with Crippen LogP contribution in [0.5, 0.6) is 5.75 Å². The van der Waals surface area contributed by atoms with Gasteiger partial charge in [0.25, 0.3) is 0 Å². The van der Waals surface area contributed by atoms with Gasteiger partial charge >= 0.3 is 6.61 Å². The van der Waals surface area contributed by atoms with Gasteiger partial charge < -0.3 is 15.6 Å². The molecule has 6 heteroatoms. The largest absolute Gasteiger partial charge is 0.435 e. The number of alkyl halides is 2. The van der Waals surface area contributed by atoms with E-state index < -0.39 is 18.5 Å². The highest BCUT2D eigenvalue weighted by Crippen LogP contribution is 2.22. The molecule has 3 N–H and O–H groups in total. The molecule has 3 nitrogen and oxygen atoms in total. The molecule has 0 saturated heterocycles. The van der Waals surface area contributed by atoms with Crippen LogP contribution in [0.1, 0.15) is 11.7 Å². The van der Waals surface area contributed by atoms with Gasteiger partial charge in [0, 0.05) is 18.2 Å². The lowest BCUT2D eigenvalue weighted by molar-refractivity contribution is -0.0500. The number of ether oxygens (including phenoxy) is 1. The molecule has 1 aromatic carbocycles. The topological polar surface area (TPSA) is 55.5 Å². The molecule has 0 unspecified atom stereocenters. The van der Waals surface area contributed by atoms with Gasteiger partial charge in [-0.15, -0.1) is 0 Å². The van der Waals surface area contributed by atoms with E-state index in [-0.39, 0.29) is 17.9 Å². The highest BCUT2D eigenvalue weighted by atomic mass is 19.3. The van der Waals surface area contributed by atoms with Crippen LogP contribution in [0.3, 0.4) is 0 Å². The first kappa shape index (κ1) is 11.8. The van der Waals surface area contributed by atoms with Crippen LogP contribution in [0.2, 0.25) is 0 Å². The highest BCUT2D eigenvalue weighted by Gasteiger charge is 2.13. The summed E-state index contributed by atoms with van der Waals surface area (Å²) in [6.45, 7) is -3.15. The summed E-state index contributed by atoms with van der Waals surface area (Å²) in [5, 5.41) is 9.23. The minimum Gasteiger partial charge on any atom is -0.435 e. The fourth-order valence-corrected chi connectivity index (χ4v) is 1.08. The van der Waals surface area contributed by atoms with Gasteiger partial charge in [0.1, 0.15) is 11.6 Å². The Hall–Kier alpha value is -1.27. The fraction of sp³-hybridized carbons (Fsp3) is 0.333. The second kappa shape index (κ2) is 4.99. The second-order valence-electron chi connectivity index (χ2n) is 2.81. The van der Waals surface area contributed by atoms with Gasteiger partial charge in [-0.05, 0) is 12.1 Å². The maximum absolute atomic E-state index is 13.2. The first-order valence-electron chi connectivity index (χ1n) is 4.17. The Labute approximate surface area is 84.3 Å². The van der Waals surface area contributed by atoms with Crippen LogP contribution in [0, 0.1) is 5.82 Å². The highest BCUT2D eigenvalue weighted by molar-refractivity contribution is 5.30. The van der Waals surface area contributed by atoms with Crippen molar-refractivity contribution in [2.45, 2.75) is 12.7 Å². The third kappa shape index (κ3) is 3.10. The van der Waals surface area contributed by atoms with Gasteiger partial charge in [-0.1, -0.05) is 0 Å². The quantitative estimate of drug-likeness (QED) is 0.808. The third-order valence-corrected chi connectivity index (χ3v) is 1.78. The van der Waals surface area contributed by atoms with Crippen LogP contribution in [-0.2, 0) is 0 Å². The van der Waals surface area contributed by atoms with E-state index in [0.29, 0.717) is 0 Å². The van der Waals surface area contributed by atoms with E-state index in [1.807, 2.05) is 0 Å². The zero-order valence-electron chi connectivity index (χ0n) is 7.66. The van der Waals surface area contributed by atoms with E-state index in [2.05, 4.69) is 4.74 Å². The van der Waals surface area contributed by atoms with Crippen LogP contribution in [-0.4, -0.2) is 18.3 Å². The van der Waals surface area contributed by atoms with Gasteiger partial charge in [-0.2, -0.15) is 8.78 Å². The summed E-state index contributed by atoms with van der Waals surface area (Å²) in [4.78, 5) is 0. The maximum atomic E-state index is 13.2. The third-order valence-electron chi connectivity index (χ3n) is 1.78. The molecule has 0 spiro atoms. The Morgan fingerprint density at radius 3 is 2.53 bits per heavy atom. The summed E-state index contributed by atoms with van der Waals surface area (Å²) >= 11 is 0. The molecule has 0 aliphatic heterocycles. The van der Waals surface area contributed by atoms with Crippen molar-refractivity contribution in [3.05, 3.63) is 29.6 Å². The van der Waals surface area contributed by atoms with Gasteiger partial charge in [0.2, 0.25) is 0 Å². The summed E-state index contributed by atoms with van der Waals surface area (Å²) in [6, 6.07) is 3.08. The van der Waals surface area contributed by atoms with Gasteiger partial charge in [-0.25, -0.2) is 4.39 Å². The molecular formula is C9H10F3NO2. The fourth-order valence-electron chi connectivity index (χ4n) is 1.08. The Balaban J connectivity index is 2.88. The van der Waals surface area contributed by atoms with Crippen molar-refractivity contribution in [1.82, 2.24) is 0 Å². The van der Waals surface area contributed by atoms with Crippen molar-refractivity contribution in [3.8, 4) is 5.75 Å². The van der Waals surface area contributed by atoms with Gasteiger partial charge in [0.05, 0.1) is 6.10 Å². The summed E-state index contributed by atoms with van der Waals surface area (Å²) < 4.78 is 40.7. The summed E-state index contributed by atoms with van der Waals surface area (Å²) in [5.74, 6) is -1.12. The number of hydrogen-bond acceptors (Lipinski definition) is 3. The summed E-state index contributed by atoms with van der Waals surface area (Å²) in [6.07, 6.45) is -1.15. The van der Waals surface area contributed by atoms with Gasteiger partial charge in [0.15, 0.2) is 0 Å². The normalized spacial score (nSPS) is 12.9. The molecule has 84 valence electrons. The Morgan fingerprint density at radius 1 is 1.40 bits per heavy atom. The lowest BCUT2D eigenvalue weighted by Gasteiger charge is -2.10. The first-order valence-corrected chi connectivity index (χ1v) is 4.17. The standard InChI is InChI=1S/C9H10F3NO2/c10-7-3-5(15-9(11)12)1-2-6(7)8(14)4-13/h1-3,8-9,14H,4,13H2/t8-/m0/s1. The zero-order valence-corrected chi connectivity index (χ0v) is 7.66. The number of aliphatic hydroxyl groups is 1. The van der Waals surface area contributed by atoms with Crippen molar-refractivity contribution >= 4 is 0 Å². The van der Waals surface area contributed by atoms with Crippen LogP contribution < -0.4 is 10.5 Å². The van der Waals surface area contributed by atoms with E-state index >= 15 is 0 Å². The lowest BCUT2D eigenvalue weighted by atomic mass is 10.1. The second-order valence-corrected chi connectivity index (χ2v) is 2.81. The van der Waals surface area contributed by atoms with Crippen LogP contribution in [0.15, 0.2) is 18.2 Å². The molecule has 1 atom stereocenters. The molecule has 0 aliphatic rings. The minimum absolute atomic E-state index is 0.0425. The van der Waals surface area contributed by atoms with Gasteiger partial charge in [-0.3, -0.25) is 0 Å². The smallest absolute Gasteiger partial charge is 0.387 e. The zero-order chi connectivity index (χ0) is 11.4. The monoisotopic (exact) mass is 221 g/mol. The molecule has 0 radical (unpaired) electrons. The van der Waals surface area contributed by atoms with E-state index in [1.54, 1.807) is 0 Å². The average molecular weight is 221 g/mol. The van der Waals surface area contributed by atoms with Crippen LogP contribution in [0.4, 0.5) is 13.2 Å². The van der Waals surface area contributed by atoms with E-state index in [4.69, 9.17) is 5.73 Å². The Bertz CT molecular complexity index is 333. The number of nitrogens with two attached hydrogens (primary N) is 1.